The summed E-state index contributed by atoms with van der Waals surface area (Å²) in [5, 5.41) is 21.6. The molecule has 6 rings (SSSR count). The number of fused-ring (bicyclic) bond motifs is 1. The van der Waals surface area contributed by atoms with E-state index in [-0.39, 0.29) is 0 Å². The summed E-state index contributed by atoms with van der Waals surface area (Å²) in [4.78, 5) is 2.08. The van der Waals surface area contributed by atoms with Gasteiger partial charge in [-0.3, -0.25) is 5.10 Å². The molecule has 208 valence electrons. The molecule has 1 aromatic heterocycles. The van der Waals surface area contributed by atoms with Gasteiger partial charge >= 0.3 is 0 Å². The maximum Gasteiger partial charge on any atom is 0.119 e. The van der Waals surface area contributed by atoms with E-state index in [4.69, 9.17) is 10.00 Å². The molecule has 5 aromatic carbocycles. The van der Waals surface area contributed by atoms with Crippen molar-refractivity contribution in [1.29, 1.82) is 5.26 Å². The summed E-state index contributed by atoms with van der Waals surface area (Å²) < 4.78 is 5.70. The van der Waals surface area contributed by atoms with Crippen LogP contribution in [0.25, 0.3) is 22.2 Å². The summed E-state index contributed by atoms with van der Waals surface area (Å²) in [5.74, 6) is 0.841. The van der Waals surface area contributed by atoms with E-state index in [0.29, 0.717) is 12.2 Å². The fraction of sp³-hybridized carbons (Fsp3) is 0.111. The topological polar surface area (TPSA) is 64.9 Å². The number of rotatable bonds is 8. The molecule has 0 aliphatic heterocycles. The molecule has 6 heteroatoms. The van der Waals surface area contributed by atoms with E-state index >= 15 is 0 Å². The molecule has 0 aliphatic rings. The predicted octanol–water partition coefficient (Wildman–Crippen LogP) is 6.49. The Morgan fingerprint density at radius 1 is 0.738 bits per heavy atom. The lowest BCUT2D eigenvalue weighted by Crippen LogP contribution is -2.20. The molecule has 0 aliphatic carbocycles. The standard InChI is InChI=1S/C18H18N4O.C18H15P/c1-22(2)9-10-23-15-6-4-14(5-7-15)18-16-11-13(12-19)3-8-17(16)20-21-18;1-4-10-16(11-5-1)19(17-12-6-2-7-13-17)18-14-8-3-9-15-18/h3-8,11H,9-10H2,1-2H3,(H,20,21);1-15H. The zero-order valence-electron chi connectivity index (χ0n) is 23.8. The van der Waals surface area contributed by atoms with Crippen molar-refractivity contribution < 1.29 is 4.74 Å². The van der Waals surface area contributed by atoms with E-state index in [9.17, 15) is 0 Å². The minimum atomic E-state index is -0.446. The van der Waals surface area contributed by atoms with Crippen LogP contribution in [0.2, 0.25) is 0 Å². The Kier molecular flexibility index (Phi) is 9.75. The summed E-state index contributed by atoms with van der Waals surface area (Å²) in [5.41, 5.74) is 3.39. The summed E-state index contributed by atoms with van der Waals surface area (Å²) in [6.45, 7) is 1.53. The van der Waals surface area contributed by atoms with Crippen LogP contribution in [0, 0.1) is 11.3 Å². The maximum atomic E-state index is 9.05. The van der Waals surface area contributed by atoms with Gasteiger partial charge in [0, 0.05) is 17.5 Å². The first-order valence-corrected chi connectivity index (χ1v) is 15.2. The minimum absolute atomic E-state index is 0.446. The molecule has 0 radical (unpaired) electrons. The predicted molar refractivity (Wildman–Crippen MR) is 175 cm³/mol. The Hall–Kier alpha value is -4.75. The highest BCUT2D eigenvalue weighted by molar-refractivity contribution is 7.79. The Balaban J connectivity index is 0.000000171. The van der Waals surface area contributed by atoms with Gasteiger partial charge < -0.3 is 9.64 Å². The van der Waals surface area contributed by atoms with Crippen LogP contribution in [-0.4, -0.2) is 42.3 Å². The molecular weight excluding hydrogens is 535 g/mol. The lowest BCUT2D eigenvalue weighted by molar-refractivity contribution is 0.261. The minimum Gasteiger partial charge on any atom is -0.492 e. The first-order valence-electron chi connectivity index (χ1n) is 13.8. The van der Waals surface area contributed by atoms with E-state index in [1.165, 1.54) is 15.9 Å². The second-order valence-corrected chi connectivity index (χ2v) is 12.2. The number of ether oxygens (including phenoxy) is 1. The molecule has 0 unspecified atom stereocenters. The highest BCUT2D eigenvalue weighted by Crippen LogP contribution is 2.32. The van der Waals surface area contributed by atoms with Crippen molar-refractivity contribution in [3.05, 3.63) is 139 Å². The zero-order valence-corrected chi connectivity index (χ0v) is 24.7. The van der Waals surface area contributed by atoms with Gasteiger partial charge in [0.15, 0.2) is 0 Å². The van der Waals surface area contributed by atoms with Crippen molar-refractivity contribution in [2.75, 3.05) is 27.2 Å². The molecule has 0 fully saturated rings. The van der Waals surface area contributed by atoms with Crippen molar-refractivity contribution in [2.24, 2.45) is 0 Å². The molecule has 42 heavy (non-hydrogen) atoms. The van der Waals surface area contributed by atoms with Crippen LogP contribution in [0.15, 0.2) is 133 Å². The van der Waals surface area contributed by atoms with Gasteiger partial charge in [-0.1, -0.05) is 91.0 Å². The lowest BCUT2D eigenvalue weighted by Gasteiger charge is -2.18. The largest absolute Gasteiger partial charge is 0.492 e. The van der Waals surface area contributed by atoms with Gasteiger partial charge in [0.05, 0.1) is 22.8 Å². The monoisotopic (exact) mass is 568 g/mol. The molecule has 0 amide bonds. The van der Waals surface area contributed by atoms with E-state index in [1.807, 2.05) is 50.5 Å². The smallest absolute Gasteiger partial charge is 0.119 e. The van der Waals surface area contributed by atoms with Crippen molar-refractivity contribution >= 4 is 34.7 Å². The average Bonchev–Trinajstić information content (AvgIpc) is 3.47. The molecule has 1 N–H and O–H groups in total. The van der Waals surface area contributed by atoms with Crippen molar-refractivity contribution in [2.45, 2.75) is 0 Å². The highest BCUT2D eigenvalue weighted by Gasteiger charge is 2.15. The molecule has 5 nitrogen and oxygen atoms in total. The third-order valence-corrected chi connectivity index (χ3v) is 9.11. The van der Waals surface area contributed by atoms with Crippen molar-refractivity contribution in [3.63, 3.8) is 0 Å². The second kappa shape index (κ2) is 14.2. The Morgan fingerprint density at radius 3 is 1.79 bits per heavy atom. The first kappa shape index (κ1) is 28.8. The van der Waals surface area contributed by atoms with Gasteiger partial charge in [-0.2, -0.15) is 10.4 Å². The summed E-state index contributed by atoms with van der Waals surface area (Å²) in [6.07, 6.45) is 0. The molecule has 0 bridgehead atoms. The molecular formula is C36H33N4OP. The van der Waals surface area contributed by atoms with Crippen LogP contribution in [0.1, 0.15) is 5.56 Å². The summed E-state index contributed by atoms with van der Waals surface area (Å²) >= 11 is 0. The fourth-order valence-corrected chi connectivity index (χ4v) is 6.84. The molecule has 1 heterocycles. The van der Waals surface area contributed by atoms with Crippen LogP contribution < -0.4 is 20.7 Å². The van der Waals surface area contributed by atoms with E-state index in [2.05, 4.69) is 112 Å². The number of hydrogen-bond acceptors (Lipinski definition) is 4. The lowest BCUT2D eigenvalue weighted by atomic mass is 10.1. The highest BCUT2D eigenvalue weighted by atomic mass is 31.1. The summed E-state index contributed by atoms with van der Waals surface area (Å²) in [7, 11) is 3.59. The van der Waals surface area contributed by atoms with Crippen LogP contribution in [0.5, 0.6) is 5.75 Å². The average molecular weight is 569 g/mol. The Bertz CT molecular complexity index is 1640. The molecule has 6 aromatic rings. The van der Waals surface area contributed by atoms with Gasteiger partial charge in [-0.05, 0) is 80.4 Å². The first-order chi connectivity index (χ1) is 20.6. The number of benzene rings is 5. The maximum absolute atomic E-state index is 9.05. The molecule has 0 saturated heterocycles. The van der Waals surface area contributed by atoms with Crippen LogP contribution in [0.3, 0.4) is 0 Å². The molecule has 0 saturated carbocycles. The Labute approximate surface area is 248 Å². The van der Waals surface area contributed by atoms with Crippen molar-refractivity contribution in [3.8, 4) is 23.1 Å². The number of nitrogens with zero attached hydrogens (tertiary/aromatic N) is 3. The third-order valence-electron chi connectivity index (χ3n) is 6.67. The number of H-pyrrole nitrogens is 1. The number of nitrogens with one attached hydrogen (secondary N) is 1. The number of likely N-dealkylation sites (N-methyl/N-ethyl adjacent to an activating group) is 1. The van der Waals surface area contributed by atoms with Gasteiger partial charge in [0.25, 0.3) is 0 Å². The second-order valence-electron chi connectivity index (χ2n) is 9.96. The quantitative estimate of drug-likeness (QED) is 0.213. The SMILES string of the molecule is CN(C)CCOc1ccc(-c2n[nH]c3ccc(C#N)cc23)cc1.c1ccc(P(c2ccccc2)c2ccccc2)cc1. The van der Waals surface area contributed by atoms with Gasteiger partial charge in [-0.25, -0.2) is 0 Å². The number of nitriles is 1. The number of aromatic nitrogens is 2. The Morgan fingerprint density at radius 2 is 1.29 bits per heavy atom. The third kappa shape index (κ3) is 7.30. The van der Waals surface area contributed by atoms with Gasteiger partial charge in [0.1, 0.15) is 12.4 Å². The summed E-state index contributed by atoms with van der Waals surface area (Å²) in [6, 6.07) is 47.9. The number of hydrogen-bond donors (Lipinski definition) is 1. The van der Waals surface area contributed by atoms with E-state index < -0.39 is 7.92 Å². The van der Waals surface area contributed by atoms with Gasteiger partial charge in [-0.15, -0.1) is 0 Å². The molecule has 0 spiro atoms. The van der Waals surface area contributed by atoms with Crippen molar-refractivity contribution in [1.82, 2.24) is 15.1 Å². The van der Waals surface area contributed by atoms with E-state index in [0.717, 1.165) is 34.5 Å². The van der Waals surface area contributed by atoms with E-state index in [1.54, 1.807) is 6.07 Å². The van der Waals surface area contributed by atoms with Crippen LogP contribution in [0.4, 0.5) is 0 Å². The molecule has 0 atom stereocenters. The number of aromatic amines is 1. The fourth-order valence-electron chi connectivity index (χ4n) is 4.54. The van der Waals surface area contributed by atoms with Gasteiger partial charge in [0.2, 0.25) is 0 Å². The normalized spacial score (nSPS) is 10.7. The van der Waals surface area contributed by atoms with Crippen LogP contribution in [-0.2, 0) is 0 Å². The van der Waals surface area contributed by atoms with Crippen LogP contribution >= 0.6 is 7.92 Å². The zero-order chi connectivity index (χ0) is 29.1.